The number of likely N-dealkylation sites (tertiary alicyclic amines) is 2. The normalized spacial score (nSPS) is 18.3. The number of hydrogen-bond donors (Lipinski definition) is 2. The maximum Gasteiger partial charge on any atom is 0.418 e. The van der Waals surface area contributed by atoms with Crippen LogP contribution < -0.4 is 16.0 Å². The number of ether oxygens (including phenoxy) is 2. The molecule has 0 unspecified atom stereocenters. The summed E-state index contributed by atoms with van der Waals surface area (Å²) < 4.78 is 53.0. The number of alkyl halides is 3. The number of fused-ring (bicyclic) bond motifs is 1. The Bertz CT molecular complexity index is 2110. The summed E-state index contributed by atoms with van der Waals surface area (Å²) in [5, 5.41) is 2.63. The third-order valence-electron chi connectivity index (χ3n) is 11.8. The number of piperazine rings is 1. The average Bonchev–Trinajstić information content (AvgIpc) is 3.42. The summed E-state index contributed by atoms with van der Waals surface area (Å²) in [6.45, 7) is 3.30. The number of rotatable bonds is 10. The lowest BCUT2D eigenvalue weighted by Gasteiger charge is -2.39. The molecule has 4 aliphatic heterocycles. The molecule has 3 aromatic rings. The van der Waals surface area contributed by atoms with Crippen LogP contribution in [0.3, 0.4) is 0 Å². The molecule has 4 aliphatic rings. The molecule has 0 spiro atoms. The zero-order valence-electron chi connectivity index (χ0n) is 33.6. The summed E-state index contributed by atoms with van der Waals surface area (Å²) >= 11 is 6.13. The Hall–Kier alpha value is -5.71. The summed E-state index contributed by atoms with van der Waals surface area (Å²) in [5.74, 6) is -1.01. The highest BCUT2D eigenvalue weighted by atomic mass is 35.5. The lowest BCUT2D eigenvalue weighted by Crippen LogP contribution is -2.54. The number of halogens is 4. The minimum Gasteiger partial charge on any atom is -0.460 e. The molecule has 14 nitrogen and oxygen atoms in total. The largest absolute Gasteiger partial charge is 0.460 e. The Morgan fingerprint density at radius 3 is 2.30 bits per heavy atom. The second-order valence-corrected chi connectivity index (χ2v) is 16.1. The first kappa shape index (κ1) is 43.4. The number of para-hydroxylation sites is 1. The lowest BCUT2D eigenvalue weighted by atomic mass is 10.0. The number of benzene rings is 3. The molecule has 4 heterocycles. The quantitative estimate of drug-likeness (QED) is 0.183. The molecular formula is C43H49ClF3N7O7. The Morgan fingerprint density at radius 1 is 0.869 bits per heavy atom. The van der Waals surface area contributed by atoms with E-state index in [4.69, 9.17) is 26.8 Å². The van der Waals surface area contributed by atoms with Gasteiger partial charge in [0.1, 0.15) is 6.61 Å². The van der Waals surface area contributed by atoms with E-state index in [1.165, 1.54) is 15.9 Å². The van der Waals surface area contributed by atoms with Crippen LogP contribution in [0, 0.1) is 0 Å². The van der Waals surface area contributed by atoms with Gasteiger partial charge in [0.2, 0.25) is 5.91 Å². The first-order chi connectivity index (χ1) is 29.2. The number of nitrogens with two attached hydrogens (primary N) is 1. The molecule has 3 fully saturated rings. The van der Waals surface area contributed by atoms with Gasteiger partial charge in [0.25, 0.3) is 5.91 Å². The van der Waals surface area contributed by atoms with Gasteiger partial charge >= 0.3 is 24.3 Å². The zero-order valence-corrected chi connectivity index (χ0v) is 34.4. The second kappa shape index (κ2) is 18.9. The molecule has 0 bridgehead atoms. The van der Waals surface area contributed by atoms with E-state index in [2.05, 4.69) is 5.32 Å². The molecular weight excluding hydrogens is 819 g/mol. The van der Waals surface area contributed by atoms with Crippen molar-refractivity contribution in [3.05, 3.63) is 87.9 Å². The number of nitrogens with zero attached hydrogens (tertiary/aromatic N) is 5. The molecule has 7 rings (SSSR count). The van der Waals surface area contributed by atoms with Crippen molar-refractivity contribution in [3.63, 3.8) is 0 Å². The number of hydrogen-bond acceptors (Lipinski definition) is 9. The van der Waals surface area contributed by atoms with Gasteiger partial charge in [-0.2, -0.15) is 13.2 Å². The summed E-state index contributed by atoms with van der Waals surface area (Å²) in [7, 11) is 0. The van der Waals surface area contributed by atoms with Crippen molar-refractivity contribution in [1.29, 1.82) is 0 Å². The molecule has 326 valence electrons. The third-order valence-corrected chi connectivity index (χ3v) is 12.1. The zero-order chi connectivity index (χ0) is 43.3. The van der Waals surface area contributed by atoms with Crippen LogP contribution in [0.1, 0.15) is 59.2 Å². The van der Waals surface area contributed by atoms with Crippen molar-refractivity contribution in [1.82, 2.24) is 19.6 Å². The predicted octanol–water partition coefficient (Wildman–Crippen LogP) is 6.06. The van der Waals surface area contributed by atoms with Crippen LogP contribution in [-0.2, 0) is 38.1 Å². The van der Waals surface area contributed by atoms with Gasteiger partial charge in [-0.15, -0.1) is 0 Å². The molecule has 0 aliphatic carbocycles. The van der Waals surface area contributed by atoms with Crippen molar-refractivity contribution in [2.75, 3.05) is 81.5 Å². The van der Waals surface area contributed by atoms with E-state index in [0.717, 1.165) is 35.8 Å². The molecule has 0 saturated carbocycles. The number of esters is 1. The molecule has 3 N–H and O–H groups in total. The minimum absolute atomic E-state index is 0.0155. The summed E-state index contributed by atoms with van der Waals surface area (Å²) in [6.07, 6.45) is -3.56. The number of anilines is 3. The van der Waals surface area contributed by atoms with E-state index in [-0.39, 0.29) is 67.8 Å². The first-order valence-corrected chi connectivity index (χ1v) is 21.0. The van der Waals surface area contributed by atoms with Crippen LogP contribution >= 0.6 is 11.6 Å². The van der Waals surface area contributed by atoms with E-state index < -0.39 is 41.5 Å². The van der Waals surface area contributed by atoms with Crippen molar-refractivity contribution in [2.24, 2.45) is 0 Å². The molecule has 61 heavy (non-hydrogen) atoms. The van der Waals surface area contributed by atoms with Crippen molar-refractivity contribution < 1.29 is 46.6 Å². The molecule has 5 amide bonds. The summed E-state index contributed by atoms with van der Waals surface area (Å²) in [5.41, 5.74) is 6.85. The number of nitrogen functional groups attached to an aromatic ring is 1. The molecule has 18 heteroatoms. The van der Waals surface area contributed by atoms with Gasteiger partial charge in [-0.3, -0.25) is 9.59 Å². The van der Waals surface area contributed by atoms with Gasteiger partial charge in [0.05, 0.1) is 28.4 Å². The van der Waals surface area contributed by atoms with Gasteiger partial charge in [-0.1, -0.05) is 29.8 Å². The van der Waals surface area contributed by atoms with Crippen LogP contribution in [-0.4, -0.2) is 127 Å². The van der Waals surface area contributed by atoms with Gasteiger partial charge < -0.3 is 45.0 Å². The van der Waals surface area contributed by atoms with Crippen molar-refractivity contribution in [3.8, 4) is 0 Å². The van der Waals surface area contributed by atoms with E-state index in [0.29, 0.717) is 64.0 Å². The SMILES string of the molecule is Nc1c(Cl)cc(C[C@@H](OC(=O)N2CCC(N3CCc4ccccc4NC3=O)CC2)C(=O)N2CCN(c3ccc(C(=O)OCCN4CCCCC4=O)cc3)CC2)cc1C(F)(F)F. The Balaban J connectivity index is 0.970. The molecule has 3 saturated heterocycles. The fourth-order valence-electron chi connectivity index (χ4n) is 8.34. The molecule has 0 aromatic heterocycles. The number of carbonyl (C=O) groups excluding carboxylic acids is 5. The lowest BCUT2D eigenvalue weighted by molar-refractivity contribution is -0.141. The van der Waals surface area contributed by atoms with E-state index in [9.17, 15) is 37.1 Å². The maximum atomic E-state index is 14.2. The van der Waals surface area contributed by atoms with E-state index in [1.807, 2.05) is 29.2 Å². The number of nitrogens with one attached hydrogen (secondary N) is 1. The fourth-order valence-corrected chi connectivity index (χ4v) is 8.58. The Morgan fingerprint density at radius 2 is 1.59 bits per heavy atom. The molecule has 1 atom stereocenters. The highest BCUT2D eigenvalue weighted by molar-refractivity contribution is 6.33. The van der Waals surface area contributed by atoms with E-state index in [1.54, 1.807) is 34.1 Å². The van der Waals surface area contributed by atoms with Crippen molar-refractivity contribution in [2.45, 2.75) is 63.3 Å². The fraction of sp³-hybridized carbons (Fsp3) is 0.465. The van der Waals surface area contributed by atoms with Gasteiger partial charge in [0, 0.05) is 82.6 Å². The second-order valence-electron chi connectivity index (χ2n) is 15.7. The highest BCUT2D eigenvalue weighted by Gasteiger charge is 2.38. The van der Waals surface area contributed by atoms with Gasteiger partial charge in [-0.05, 0) is 85.7 Å². The van der Waals surface area contributed by atoms with Crippen LogP contribution in [0.25, 0.3) is 0 Å². The predicted molar refractivity (Wildman–Crippen MR) is 221 cm³/mol. The van der Waals surface area contributed by atoms with E-state index >= 15 is 0 Å². The monoisotopic (exact) mass is 867 g/mol. The number of amides is 5. The van der Waals surface area contributed by atoms with Crippen LogP contribution in [0.15, 0.2) is 60.7 Å². The maximum absolute atomic E-state index is 14.2. The van der Waals surface area contributed by atoms with Crippen LogP contribution in [0.5, 0.6) is 0 Å². The third kappa shape index (κ3) is 10.4. The standard InChI is InChI=1S/C43H49ClF3N7O7/c44-34-26-28(25-33(38(34)48)43(45,46)47)27-36(61-42(59)53-16-13-32(14-17-53)54-18-12-29-5-1-2-6-35(29)49-41(54)58)39(56)52-21-19-50(20-22-52)31-10-8-30(9-11-31)40(57)60-24-23-51-15-4-3-7-37(51)55/h1-2,5-6,8-11,25-26,32,36H,3-4,7,12-24,27,48H2,(H,49,58)/t36-/m1/s1. The number of piperidine rings is 2. The highest BCUT2D eigenvalue weighted by Crippen LogP contribution is 2.38. The van der Waals surface area contributed by atoms with Gasteiger partial charge in [0.15, 0.2) is 6.10 Å². The van der Waals surface area contributed by atoms with Gasteiger partial charge in [-0.25, -0.2) is 14.4 Å². The van der Waals surface area contributed by atoms with Crippen molar-refractivity contribution >= 4 is 58.6 Å². The Labute approximate surface area is 356 Å². The van der Waals surface area contributed by atoms with Crippen LogP contribution in [0.4, 0.5) is 39.8 Å². The Kier molecular flexibility index (Phi) is 13.4. The van der Waals surface area contributed by atoms with Crippen LogP contribution in [0.2, 0.25) is 5.02 Å². The summed E-state index contributed by atoms with van der Waals surface area (Å²) in [6, 6.07) is 16.2. The topological polar surface area (TPSA) is 158 Å². The number of carbonyl (C=O) groups is 5. The molecule has 0 radical (unpaired) electrons. The smallest absolute Gasteiger partial charge is 0.418 e. The molecule has 3 aromatic carbocycles. The first-order valence-electron chi connectivity index (χ1n) is 20.6. The summed E-state index contributed by atoms with van der Waals surface area (Å²) in [4.78, 5) is 74.2. The minimum atomic E-state index is -4.82. The average molecular weight is 868 g/mol. The number of urea groups is 1.